The first kappa shape index (κ1) is 14.4. The predicted octanol–water partition coefficient (Wildman–Crippen LogP) is 2.85. The number of hydrogen-bond donors (Lipinski definition) is 1. The first-order chi connectivity index (χ1) is 10.1. The summed E-state index contributed by atoms with van der Waals surface area (Å²) in [4.78, 5) is 7.42. The number of rotatable bonds is 6. The van der Waals surface area contributed by atoms with E-state index in [1.165, 1.54) is 18.5 Å². The molecule has 21 heavy (non-hydrogen) atoms. The second-order valence-corrected chi connectivity index (χ2v) is 6.77. The Balaban J connectivity index is 2.06. The van der Waals surface area contributed by atoms with E-state index in [0.29, 0.717) is 12.0 Å². The van der Waals surface area contributed by atoms with Crippen LogP contribution in [0.1, 0.15) is 39.3 Å². The molecule has 0 radical (unpaired) electrons. The minimum atomic E-state index is 0.143. The smallest absolute Gasteiger partial charge is 0.151 e. The quantitative estimate of drug-likeness (QED) is 0.888. The van der Waals surface area contributed by atoms with Crippen LogP contribution in [0.25, 0.3) is 5.65 Å². The second kappa shape index (κ2) is 5.68. The summed E-state index contributed by atoms with van der Waals surface area (Å²) in [5.41, 5.74) is 8.36. The zero-order valence-electron chi connectivity index (χ0n) is 13.3. The zero-order chi connectivity index (χ0) is 15.0. The Morgan fingerprint density at radius 1 is 1.33 bits per heavy atom. The lowest BCUT2D eigenvalue weighted by Gasteiger charge is -2.26. The van der Waals surface area contributed by atoms with Crippen molar-refractivity contribution in [3.63, 3.8) is 0 Å². The summed E-state index contributed by atoms with van der Waals surface area (Å²) in [6.45, 7) is 7.68. The molecule has 0 bridgehead atoms. The summed E-state index contributed by atoms with van der Waals surface area (Å²) in [5.74, 6) is 1.79. The summed E-state index contributed by atoms with van der Waals surface area (Å²) in [6.07, 6.45) is 5.54. The zero-order valence-corrected chi connectivity index (χ0v) is 13.3. The molecule has 2 N–H and O–H groups in total. The van der Waals surface area contributed by atoms with Gasteiger partial charge in [-0.1, -0.05) is 19.9 Å². The highest BCUT2D eigenvalue weighted by Gasteiger charge is 2.33. The second-order valence-electron chi connectivity index (χ2n) is 6.77. The molecule has 0 spiro atoms. The van der Waals surface area contributed by atoms with Crippen molar-refractivity contribution in [2.45, 2.75) is 52.1 Å². The number of fused-ring (bicyclic) bond motifs is 1. The number of nitrogens with two attached hydrogens (primary N) is 1. The number of hydrogen-bond acceptors (Lipinski definition) is 3. The molecule has 1 aliphatic carbocycles. The molecule has 1 fully saturated rings. The van der Waals surface area contributed by atoms with Crippen molar-refractivity contribution in [1.82, 2.24) is 9.38 Å². The van der Waals surface area contributed by atoms with Gasteiger partial charge in [0.15, 0.2) is 5.82 Å². The van der Waals surface area contributed by atoms with Gasteiger partial charge in [0, 0.05) is 31.2 Å². The average molecular weight is 286 g/mol. The first-order valence-electron chi connectivity index (χ1n) is 8.04. The molecule has 114 valence electrons. The van der Waals surface area contributed by atoms with Crippen LogP contribution in [0.4, 0.5) is 5.82 Å². The largest absolute Gasteiger partial charge is 0.352 e. The van der Waals surface area contributed by atoms with E-state index in [9.17, 15) is 0 Å². The van der Waals surface area contributed by atoms with Gasteiger partial charge in [-0.25, -0.2) is 4.98 Å². The van der Waals surface area contributed by atoms with Crippen molar-refractivity contribution in [3.8, 4) is 0 Å². The maximum Gasteiger partial charge on any atom is 0.151 e. The van der Waals surface area contributed by atoms with E-state index in [4.69, 9.17) is 10.7 Å². The first-order valence-corrected chi connectivity index (χ1v) is 8.04. The van der Waals surface area contributed by atoms with Crippen LogP contribution in [0.2, 0.25) is 0 Å². The molecule has 1 saturated carbocycles. The SMILES string of the molecule is CC(C)CN(c1nc2ccccn2c1CC(C)N)C1CC1. The highest BCUT2D eigenvalue weighted by atomic mass is 15.3. The lowest BCUT2D eigenvalue weighted by Crippen LogP contribution is -2.32. The van der Waals surface area contributed by atoms with Crippen molar-refractivity contribution >= 4 is 11.5 Å². The molecule has 0 amide bonds. The molecule has 1 atom stereocenters. The number of nitrogens with zero attached hydrogens (tertiary/aromatic N) is 3. The topological polar surface area (TPSA) is 46.6 Å². The molecule has 3 rings (SSSR count). The van der Waals surface area contributed by atoms with Gasteiger partial charge >= 0.3 is 0 Å². The van der Waals surface area contributed by atoms with Gasteiger partial charge < -0.3 is 15.0 Å². The van der Waals surface area contributed by atoms with Crippen LogP contribution in [0.3, 0.4) is 0 Å². The summed E-state index contributed by atoms with van der Waals surface area (Å²) >= 11 is 0. The average Bonchev–Trinajstić information content (AvgIpc) is 3.20. The van der Waals surface area contributed by atoms with E-state index in [1.807, 2.05) is 6.07 Å². The van der Waals surface area contributed by atoms with Crippen LogP contribution in [0, 0.1) is 5.92 Å². The van der Waals surface area contributed by atoms with Gasteiger partial charge in [0.05, 0.1) is 5.69 Å². The standard InChI is InChI=1S/C17H26N4/c1-12(2)11-21(14-7-8-14)17-15(10-13(3)18)20-9-5-4-6-16(20)19-17/h4-6,9,12-14H,7-8,10-11,18H2,1-3H3. The van der Waals surface area contributed by atoms with Crippen molar-refractivity contribution in [1.29, 1.82) is 0 Å². The third kappa shape index (κ3) is 3.05. The summed E-state index contributed by atoms with van der Waals surface area (Å²) in [6, 6.07) is 7.00. The number of anilines is 1. The van der Waals surface area contributed by atoms with Gasteiger partial charge in [0.2, 0.25) is 0 Å². The van der Waals surface area contributed by atoms with Crippen molar-refractivity contribution < 1.29 is 0 Å². The van der Waals surface area contributed by atoms with Gasteiger partial charge in [0.1, 0.15) is 5.65 Å². The maximum atomic E-state index is 6.08. The number of imidazole rings is 1. The Morgan fingerprint density at radius 2 is 2.10 bits per heavy atom. The summed E-state index contributed by atoms with van der Waals surface area (Å²) < 4.78 is 2.20. The fraction of sp³-hybridized carbons (Fsp3) is 0.588. The van der Waals surface area contributed by atoms with E-state index in [-0.39, 0.29) is 6.04 Å². The van der Waals surface area contributed by atoms with Crippen LogP contribution in [-0.4, -0.2) is 28.0 Å². The number of pyridine rings is 1. The maximum absolute atomic E-state index is 6.08. The van der Waals surface area contributed by atoms with Gasteiger partial charge in [-0.2, -0.15) is 0 Å². The van der Waals surface area contributed by atoms with Gasteiger partial charge in [-0.15, -0.1) is 0 Å². The van der Waals surface area contributed by atoms with Crippen LogP contribution in [0.5, 0.6) is 0 Å². The van der Waals surface area contributed by atoms with E-state index in [0.717, 1.165) is 24.4 Å². The predicted molar refractivity (Wildman–Crippen MR) is 87.8 cm³/mol. The monoisotopic (exact) mass is 286 g/mol. The third-order valence-corrected chi connectivity index (χ3v) is 3.94. The Hall–Kier alpha value is -1.55. The van der Waals surface area contributed by atoms with E-state index < -0.39 is 0 Å². The van der Waals surface area contributed by atoms with E-state index in [2.05, 4.69) is 48.4 Å². The summed E-state index contributed by atoms with van der Waals surface area (Å²) in [5, 5.41) is 0. The molecular formula is C17H26N4. The lowest BCUT2D eigenvalue weighted by molar-refractivity contribution is 0.599. The molecule has 1 aliphatic rings. The Morgan fingerprint density at radius 3 is 2.71 bits per heavy atom. The molecule has 2 heterocycles. The van der Waals surface area contributed by atoms with Gasteiger partial charge in [0.25, 0.3) is 0 Å². The minimum absolute atomic E-state index is 0.143. The molecule has 0 aromatic carbocycles. The Bertz CT molecular complexity index is 610. The van der Waals surface area contributed by atoms with Gasteiger partial charge in [-0.05, 0) is 37.8 Å². The molecule has 1 unspecified atom stereocenters. The Kier molecular flexibility index (Phi) is 3.89. The van der Waals surface area contributed by atoms with Crippen LogP contribution in [0.15, 0.2) is 24.4 Å². The molecule has 4 heteroatoms. The minimum Gasteiger partial charge on any atom is -0.352 e. The number of aromatic nitrogens is 2. The molecule has 0 aliphatic heterocycles. The highest BCUT2D eigenvalue weighted by Crippen LogP contribution is 2.34. The molecule has 0 saturated heterocycles. The fourth-order valence-corrected chi connectivity index (χ4v) is 2.95. The van der Waals surface area contributed by atoms with Crippen molar-refractivity contribution in [3.05, 3.63) is 30.1 Å². The normalized spacial score (nSPS) is 16.6. The van der Waals surface area contributed by atoms with Gasteiger partial charge in [-0.3, -0.25) is 0 Å². The van der Waals surface area contributed by atoms with E-state index >= 15 is 0 Å². The van der Waals surface area contributed by atoms with Crippen LogP contribution >= 0.6 is 0 Å². The molecular weight excluding hydrogens is 260 g/mol. The van der Waals surface area contributed by atoms with Crippen LogP contribution < -0.4 is 10.6 Å². The highest BCUT2D eigenvalue weighted by molar-refractivity contribution is 5.57. The fourth-order valence-electron chi connectivity index (χ4n) is 2.95. The lowest BCUT2D eigenvalue weighted by atomic mass is 10.1. The molecule has 2 aromatic rings. The van der Waals surface area contributed by atoms with Crippen LogP contribution in [-0.2, 0) is 6.42 Å². The molecule has 2 aromatic heterocycles. The third-order valence-electron chi connectivity index (χ3n) is 3.94. The van der Waals surface area contributed by atoms with Crippen molar-refractivity contribution in [2.24, 2.45) is 11.7 Å². The Labute approximate surface area is 127 Å². The van der Waals surface area contributed by atoms with E-state index in [1.54, 1.807) is 0 Å². The van der Waals surface area contributed by atoms with Crippen molar-refractivity contribution in [2.75, 3.05) is 11.4 Å². The molecule has 4 nitrogen and oxygen atoms in total. The summed E-state index contributed by atoms with van der Waals surface area (Å²) in [7, 11) is 0.